The minimum Gasteiger partial charge on any atom is -0.480 e. The first kappa shape index (κ1) is 22.8. The standard InChI is InChI=1S/C24H32N2O5/c1-6-18-14-22(28)31-20-12-15(2)11-19(23(18)20)30-16(3)24(29)26-9-7-17(8-10-26)13-21(27)25(4)5/h11-12,14,16-17H,6-10,13H2,1-5H3. The number of ether oxygens (including phenoxy) is 1. The van der Waals surface area contributed by atoms with Gasteiger partial charge in [-0.05, 0) is 62.3 Å². The number of hydrogen-bond donors (Lipinski definition) is 0. The third-order valence-electron chi connectivity index (χ3n) is 5.95. The highest BCUT2D eigenvalue weighted by atomic mass is 16.5. The molecule has 0 bridgehead atoms. The molecular formula is C24H32N2O5. The predicted molar refractivity (Wildman–Crippen MR) is 119 cm³/mol. The Morgan fingerprint density at radius 2 is 1.90 bits per heavy atom. The number of amides is 2. The van der Waals surface area contributed by atoms with E-state index in [1.165, 1.54) is 6.07 Å². The van der Waals surface area contributed by atoms with Gasteiger partial charge in [-0.2, -0.15) is 0 Å². The Morgan fingerprint density at radius 3 is 2.52 bits per heavy atom. The number of rotatable bonds is 6. The summed E-state index contributed by atoms with van der Waals surface area (Å²) in [5, 5.41) is 0.744. The van der Waals surface area contributed by atoms with Gasteiger partial charge in [-0.25, -0.2) is 4.79 Å². The molecule has 168 valence electrons. The number of hydrogen-bond acceptors (Lipinski definition) is 5. The van der Waals surface area contributed by atoms with Crippen LogP contribution in [0.15, 0.2) is 27.4 Å². The molecule has 0 saturated carbocycles. The Bertz CT molecular complexity index is 1020. The van der Waals surface area contributed by atoms with Crippen molar-refractivity contribution in [3.8, 4) is 5.75 Å². The van der Waals surface area contributed by atoms with Crippen LogP contribution in [0.1, 0.15) is 44.2 Å². The number of fused-ring (bicyclic) bond motifs is 1. The summed E-state index contributed by atoms with van der Waals surface area (Å²) in [4.78, 5) is 40.3. The zero-order valence-corrected chi connectivity index (χ0v) is 19.1. The van der Waals surface area contributed by atoms with Crippen LogP contribution in [0.4, 0.5) is 0 Å². The minimum absolute atomic E-state index is 0.0672. The van der Waals surface area contributed by atoms with E-state index in [-0.39, 0.29) is 17.4 Å². The SMILES string of the molecule is CCc1cc(=O)oc2cc(C)cc(OC(C)C(=O)N3CCC(CC(=O)N(C)C)CC3)c12. The molecule has 1 aromatic carbocycles. The van der Waals surface area contributed by atoms with E-state index in [0.29, 0.717) is 43.2 Å². The summed E-state index contributed by atoms with van der Waals surface area (Å²) in [6.07, 6.45) is 2.15. The molecule has 3 rings (SSSR count). The zero-order valence-electron chi connectivity index (χ0n) is 19.1. The van der Waals surface area contributed by atoms with Gasteiger partial charge in [0, 0.05) is 39.7 Å². The first-order valence-electron chi connectivity index (χ1n) is 10.9. The molecule has 1 atom stereocenters. The zero-order chi connectivity index (χ0) is 22.7. The van der Waals surface area contributed by atoms with Gasteiger partial charge in [0.25, 0.3) is 5.91 Å². The second kappa shape index (κ2) is 9.54. The summed E-state index contributed by atoms with van der Waals surface area (Å²) >= 11 is 0. The normalized spacial score (nSPS) is 15.7. The van der Waals surface area contributed by atoms with Crippen LogP contribution < -0.4 is 10.4 Å². The number of carbonyl (C=O) groups excluding carboxylic acids is 2. The summed E-state index contributed by atoms with van der Waals surface area (Å²) < 4.78 is 11.5. The molecule has 1 unspecified atom stereocenters. The summed E-state index contributed by atoms with van der Waals surface area (Å²) in [5.74, 6) is 0.933. The van der Waals surface area contributed by atoms with Crippen molar-refractivity contribution in [3.05, 3.63) is 39.7 Å². The topological polar surface area (TPSA) is 80.1 Å². The lowest BCUT2D eigenvalue weighted by molar-refractivity contribution is -0.139. The van der Waals surface area contributed by atoms with Gasteiger partial charge < -0.3 is 19.0 Å². The Hall–Kier alpha value is -2.83. The molecule has 0 N–H and O–H groups in total. The van der Waals surface area contributed by atoms with Crippen molar-refractivity contribution >= 4 is 22.8 Å². The van der Waals surface area contributed by atoms with Crippen molar-refractivity contribution in [1.29, 1.82) is 0 Å². The highest BCUT2D eigenvalue weighted by Gasteiger charge is 2.29. The lowest BCUT2D eigenvalue weighted by Gasteiger charge is -2.33. The fraction of sp³-hybridized carbons (Fsp3) is 0.542. The predicted octanol–water partition coefficient (Wildman–Crippen LogP) is 3.15. The van der Waals surface area contributed by atoms with Crippen molar-refractivity contribution < 1.29 is 18.7 Å². The molecule has 2 amide bonds. The molecule has 1 aliphatic heterocycles. The highest BCUT2D eigenvalue weighted by molar-refractivity contribution is 5.88. The van der Waals surface area contributed by atoms with Crippen LogP contribution in [0.2, 0.25) is 0 Å². The van der Waals surface area contributed by atoms with Gasteiger partial charge in [0.1, 0.15) is 11.3 Å². The molecule has 0 spiro atoms. The number of likely N-dealkylation sites (tertiary alicyclic amines) is 1. The molecule has 1 aliphatic rings. The Kier molecular flexibility index (Phi) is 7.03. The first-order chi connectivity index (χ1) is 14.7. The average molecular weight is 429 g/mol. The maximum atomic E-state index is 13.0. The monoisotopic (exact) mass is 428 g/mol. The molecule has 31 heavy (non-hydrogen) atoms. The number of piperidine rings is 1. The van der Waals surface area contributed by atoms with E-state index in [2.05, 4.69) is 0 Å². The third-order valence-corrected chi connectivity index (χ3v) is 5.95. The quantitative estimate of drug-likeness (QED) is 0.661. The lowest BCUT2D eigenvalue weighted by atomic mass is 9.93. The Balaban J connectivity index is 1.71. The van der Waals surface area contributed by atoms with Crippen LogP contribution in [0, 0.1) is 12.8 Å². The van der Waals surface area contributed by atoms with Gasteiger partial charge in [-0.1, -0.05) is 6.92 Å². The molecule has 1 saturated heterocycles. The summed E-state index contributed by atoms with van der Waals surface area (Å²) in [6, 6.07) is 5.18. The smallest absolute Gasteiger partial charge is 0.336 e. The van der Waals surface area contributed by atoms with E-state index < -0.39 is 6.10 Å². The van der Waals surface area contributed by atoms with E-state index in [9.17, 15) is 14.4 Å². The van der Waals surface area contributed by atoms with Crippen LogP contribution in [-0.4, -0.2) is 54.9 Å². The number of nitrogens with zero attached hydrogens (tertiary/aromatic N) is 2. The summed E-state index contributed by atoms with van der Waals surface area (Å²) in [5.41, 5.74) is 1.82. The maximum absolute atomic E-state index is 13.0. The lowest BCUT2D eigenvalue weighted by Crippen LogP contribution is -2.45. The van der Waals surface area contributed by atoms with Crippen molar-refractivity contribution in [2.24, 2.45) is 5.92 Å². The molecule has 7 heteroatoms. The fourth-order valence-electron chi connectivity index (χ4n) is 4.13. The van der Waals surface area contributed by atoms with E-state index >= 15 is 0 Å². The fourth-order valence-corrected chi connectivity index (χ4v) is 4.13. The van der Waals surface area contributed by atoms with Gasteiger partial charge in [-0.15, -0.1) is 0 Å². The van der Waals surface area contributed by atoms with Crippen molar-refractivity contribution in [2.45, 2.75) is 52.6 Å². The Labute approximate surface area is 183 Å². The summed E-state index contributed by atoms with van der Waals surface area (Å²) in [7, 11) is 3.54. The van der Waals surface area contributed by atoms with Crippen LogP contribution in [0.5, 0.6) is 5.75 Å². The molecule has 2 aromatic rings. The van der Waals surface area contributed by atoms with Crippen molar-refractivity contribution in [2.75, 3.05) is 27.2 Å². The Morgan fingerprint density at radius 1 is 1.23 bits per heavy atom. The van der Waals surface area contributed by atoms with E-state index in [1.807, 2.05) is 30.9 Å². The van der Waals surface area contributed by atoms with Crippen LogP contribution in [-0.2, 0) is 16.0 Å². The molecule has 7 nitrogen and oxygen atoms in total. The summed E-state index contributed by atoms with van der Waals surface area (Å²) in [6.45, 7) is 6.88. The third kappa shape index (κ3) is 5.27. The second-order valence-corrected chi connectivity index (χ2v) is 8.60. The maximum Gasteiger partial charge on any atom is 0.336 e. The van der Waals surface area contributed by atoms with Crippen LogP contribution >= 0.6 is 0 Å². The molecule has 0 radical (unpaired) electrons. The van der Waals surface area contributed by atoms with Crippen molar-refractivity contribution in [3.63, 3.8) is 0 Å². The number of carbonyl (C=O) groups is 2. The molecule has 0 aliphatic carbocycles. The average Bonchev–Trinajstić information content (AvgIpc) is 2.72. The number of benzene rings is 1. The molecule has 1 aromatic heterocycles. The largest absolute Gasteiger partial charge is 0.480 e. The minimum atomic E-state index is -0.665. The van der Waals surface area contributed by atoms with Crippen LogP contribution in [0.3, 0.4) is 0 Å². The second-order valence-electron chi connectivity index (χ2n) is 8.60. The highest BCUT2D eigenvalue weighted by Crippen LogP contribution is 2.31. The van der Waals surface area contributed by atoms with E-state index in [1.54, 1.807) is 25.9 Å². The van der Waals surface area contributed by atoms with Gasteiger partial charge in [0.2, 0.25) is 5.91 Å². The molecular weight excluding hydrogens is 396 g/mol. The van der Waals surface area contributed by atoms with Crippen molar-refractivity contribution in [1.82, 2.24) is 9.80 Å². The first-order valence-corrected chi connectivity index (χ1v) is 10.9. The van der Waals surface area contributed by atoms with Gasteiger partial charge in [0.15, 0.2) is 6.10 Å². The van der Waals surface area contributed by atoms with Crippen LogP contribution in [0.25, 0.3) is 11.0 Å². The van der Waals surface area contributed by atoms with Gasteiger partial charge in [-0.3, -0.25) is 9.59 Å². The molecule has 2 heterocycles. The van der Waals surface area contributed by atoms with Gasteiger partial charge >= 0.3 is 5.63 Å². The van der Waals surface area contributed by atoms with Gasteiger partial charge in [0.05, 0.1) is 5.39 Å². The van der Waals surface area contributed by atoms with E-state index in [0.717, 1.165) is 29.4 Å². The van der Waals surface area contributed by atoms with E-state index in [4.69, 9.17) is 9.15 Å². The number of aryl methyl sites for hydroxylation is 2. The molecule has 1 fully saturated rings.